The molecule has 14 heteroatoms. The number of likely N-dealkylation sites (tertiary alicyclic amines) is 1. The van der Waals surface area contributed by atoms with Crippen LogP contribution in [0.3, 0.4) is 0 Å². The maximum atomic E-state index is 14.6. The van der Waals surface area contributed by atoms with Gasteiger partial charge in [0.05, 0.1) is 55.5 Å². The lowest BCUT2D eigenvalue weighted by atomic mass is 9.63. The summed E-state index contributed by atoms with van der Waals surface area (Å²) in [5, 5.41) is 6.14. The van der Waals surface area contributed by atoms with Gasteiger partial charge in [0, 0.05) is 56.3 Å². The highest BCUT2D eigenvalue weighted by Gasteiger charge is 2.52. The Kier molecular flexibility index (Phi) is 9.52. The largest absolute Gasteiger partial charge is 0.494 e. The maximum absolute atomic E-state index is 14.6. The minimum atomic E-state index is -4.50. The lowest BCUT2D eigenvalue weighted by Gasteiger charge is -2.57. The molecule has 1 aliphatic carbocycles. The molecule has 2 aliphatic heterocycles. The van der Waals surface area contributed by atoms with Gasteiger partial charge in [-0.15, -0.1) is 0 Å². The first-order valence-corrected chi connectivity index (χ1v) is 16.3. The summed E-state index contributed by atoms with van der Waals surface area (Å²) >= 11 is 0. The maximum Gasteiger partial charge on any atom is 0.406 e. The zero-order chi connectivity index (χ0) is 35.1. The third-order valence-corrected chi connectivity index (χ3v) is 9.77. The van der Waals surface area contributed by atoms with Gasteiger partial charge in [-0.1, -0.05) is 18.8 Å². The van der Waals surface area contributed by atoms with E-state index < -0.39 is 30.4 Å². The van der Waals surface area contributed by atoms with E-state index in [4.69, 9.17) is 9.47 Å². The van der Waals surface area contributed by atoms with Crippen molar-refractivity contribution in [3.63, 3.8) is 0 Å². The molecule has 262 valence electrons. The van der Waals surface area contributed by atoms with Gasteiger partial charge < -0.3 is 29.6 Å². The number of nitrogens with zero attached hydrogens (tertiary/aromatic N) is 4. The number of methoxy groups -OCH3 is 1. The number of aromatic nitrogens is 2. The molecule has 3 aliphatic rings. The fourth-order valence-electron chi connectivity index (χ4n) is 7.07. The highest BCUT2D eigenvalue weighted by atomic mass is 19.4. The summed E-state index contributed by atoms with van der Waals surface area (Å²) in [6.07, 6.45) is -0.364. The Hall–Kier alpha value is -4.35. The number of ether oxygens (including phenoxy) is 2. The molecule has 6 rings (SSSR count). The van der Waals surface area contributed by atoms with Crippen molar-refractivity contribution in [1.82, 2.24) is 24.7 Å². The highest BCUT2D eigenvalue weighted by Crippen LogP contribution is 2.49. The van der Waals surface area contributed by atoms with Gasteiger partial charge in [-0.05, 0) is 43.4 Å². The number of carbonyl (C=O) groups is 2. The Bertz CT molecular complexity index is 1800. The average Bonchev–Trinajstić information content (AvgIpc) is 3.39. The second kappa shape index (κ2) is 13.5. The summed E-state index contributed by atoms with van der Waals surface area (Å²) in [5.74, 6) is 4.48. The number of fused-ring (bicyclic) bond motifs is 1. The number of alkyl halides is 3. The first kappa shape index (κ1) is 34.5. The van der Waals surface area contributed by atoms with E-state index in [-0.39, 0.29) is 46.4 Å². The third-order valence-electron chi connectivity index (χ3n) is 9.77. The van der Waals surface area contributed by atoms with E-state index in [2.05, 4.69) is 39.3 Å². The fraction of sp³-hybridized carbons (Fsp3) is 0.514. The lowest BCUT2D eigenvalue weighted by molar-refractivity contribution is -0.187. The molecule has 49 heavy (non-hydrogen) atoms. The molecule has 3 fully saturated rings. The fourth-order valence-corrected chi connectivity index (χ4v) is 7.07. The van der Waals surface area contributed by atoms with Crippen LogP contribution in [0.2, 0.25) is 0 Å². The summed E-state index contributed by atoms with van der Waals surface area (Å²) in [4.78, 5) is 34.1. The Morgan fingerprint density at radius 1 is 1.16 bits per heavy atom. The smallest absolute Gasteiger partial charge is 0.406 e. The predicted molar refractivity (Wildman–Crippen MR) is 175 cm³/mol. The molecule has 0 unspecified atom stereocenters. The zero-order valence-corrected chi connectivity index (χ0v) is 27.9. The third kappa shape index (κ3) is 7.33. The monoisotopic (exact) mass is 684 g/mol. The molecule has 1 aromatic heterocycles. The predicted octanol–water partition coefficient (Wildman–Crippen LogP) is 4.53. The number of hydrogen-bond acceptors (Lipinski definition) is 7. The van der Waals surface area contributed by atoms with Crippen LogP contribution in [0.1, 0.15) is 52.5 Å². The first-order valence-electron chi connectivity index (χ1n) is 16.3. The van der Waals surface area contributed by atoms with Crippen LogP contribution in [0.15, 0.2) is 30.6 Å². The molecule has 10 nitrogen and oxygen atoms in total. The minimum absolute atomic E-state index is 0.0180. The topological polar surface area (TPSA) is 101 Å². The average molecular weight is 685 g/mol. The van der Waals surface area contributed by atoms with Crippen molar-refractivity contribution in [1.29, 1.82) is 0 Å². The van der Waals surface area contributed by atoms with Crippen LogP contribution < -0.4 is 15.4 Å². The summed E-state index contributed by atoms with van der Waals surface area (Å²) in [5.41, 5.74) is 1.30. The van der Waals surface area contributed by atoms with Crippen molar-refractivity contribution in [3.05, 3.63) is 53.1 Å². The molecule has 2 N–H and O–H groups in total. The quantitative estimate of drug-likeness (QED) is 0.266. The van der Waals surface area contributed by atoms with Crippen LogP contribution in [0.5, 0.6) is 5.75 Å². The van der Waals surface area contributed by atoms with Gasteiger partial charge in [-0.25, -0.2) is 9.37 Å². The van der Waals surface area contributed by atoms with E-state index in [0.29, 0.717) is 22.7 Å². The van der Waals surface area contributed by atoms with Gasteiger partial charge >= 0.3 is 6.18 Å². The number of benzene rings is 2. The summed E-state index contributed by atoms with van der Waals surface area (Å²) < 4.78 is 66.5. The Labute approximate surface area is 282 Å². The standard InChI is InChI=1S/C35H40F4N6O4/c1-21-16-44(23-14-34(15-23)18-49-19-34)9-7-27(21)42-32(46)25-10-22(11-29-31(25)41-20-45(29)17-35(37,38)39)6-5-8-40-28-12-24(33(47)43(2)3)26(36)13-30(28)48-4/h10-13,20-21,23,27,40H,7-9,14-19H2,1-4H3,(H,42,46)/t21-,27-/m0/s1. The SMILES string of the molecule is COc1cc(F)c(C(=O)N(C)C)cc1NCC#Cc1cc(C(=O)N[C@H]2CCN(C3CC4(COC4)C3)C[C@@H]2C)c2ncn(CC(F)(F)F)c2c1. The van der Waals surface area contributed by atoms with Crippen LogP contribution in [0.4, 0.5) is 23.2 Å². The van der Waals surface area contributed by atoms with Crippen molar-refractivity contribution >= 4 is 28.5 Å². The number of piperidine rings is 1. The number of amides is 2. The van der Waals surface area contributed by atoms with Crippen molar-refractivity contribution in [3.8, 4) is 17.6 Å². The number of hydrogen-bond donors (Lipinski definition) is 2. The lowest BCUT2D eigenvalue weighted by Crippen LogP contribution is -2.62. The molecule has 2 saturated heterocycles. The summed E-state index contributed by atoms with van der Waals surface area (Å²) in [6, 6.07) is 5.88. The molecule has 2 atom stereocenters. The van der Waals surface area contributed by atoms with Crippen LogP contribution in [-0.2, 0) is 11.3 Å². The van der Waals surface area contributed by atoms with Gasteiger partial charge in [0.25, 0.3) is 11.8 Å². The van der Waals surface area contributed by atoms with Gasteiger partial charge in [0.15, 0.2) is 0 Å². The molecule has 2 amide bonds. The molecular formula is C35H40F4N6O4. The van der Waals surface area contributed by atoms with Crippen molar-refractivity contribution < 1.29 is 36.6 Å². The van der Waals surface area contributed by atoms with Crippen molar-refractivity contribution in [2.45, 2.75) is 51.0 Å². The minimum Gasteiger partial charge on any atom is -0.494 e. The van der Waals surface area contributed by atoms with E-state index in [1.54, 1.807) is 0 Å². The summed E-state index contributed by atoms with van der Waals surface area (Å²) in [6.45, 7) is 4.26. The molecule has 0 radical (unpaired) electrons. The van der Waals surface area contributed by atoms with Crippen LogP contribution in [-0.4, -0.2) is 103 Å². The van der Waals surface area contributed by atoms with E-state index >= 15 is 0 Å². The molecule has 3 aromatic rings. The number of halogens is 4. The van der Waals surface area contributed by atoms with Gasteiger partial charge in [0.2, 0.25) is 0 Å². The molecule has 0 bridgehead atoms. The van der Waals surface area contributed by atoms with Crippen molar-refractivity contribution in [2.75, 3.05) is 59.4 Å². The number of rotatable bonds is 8. The van der Waals surface area contributed by atoms with Crippen LogP contribution >= 0.6 is 0 Å². The molecule has 2 aromatic carbocycles. The van der Waals surface area contributed by atoms with Crippen molar-refractivity contribution in [2.24, 2.45) is 11.3 Å². The molecule has 1 spiro atoms. The van der Waals surface area contributed by atoms with Crippen LogP contribution in [0, 0.1) is 29.0 Å². The molecule has 1 saturated carbocycles. The first-order chi connectivity index (χ1) is 23.3. The highest BCUT2D eigenvalue weighted by molar-refractivity contribution is 6.05. The van der Waals surface area contributed by atoms with Gasteiger partial charge in [-0.3, -0.25) is 14.5 Å². The van der Waals surface area contributed by atoms with Crippen LogP contribution in [0.25, 0.3) is 11.0 Å². The summed E-state index contributed by atoms with van der Waals surface area (Å²) in [7, 11) is 4.38. The van der Waals surface area contributed by atoms with Gasteiger partial charge in [-0.2, -0.15) is 13.2 Å². The number of nitrogens with one attached hydrogen (secondary N) is 2. The Morgan fingerprint density at radius 3 is 2.55 bits per heavy atom. The molecule has 3 heterocycles. The van der Waals surface area contributed by atoms with E-state index in [1.807, 2.05) is 0 Å². The number of anilines is 1. The number of imidazole rings is 1. The Morgan fingerprint density at radius 2 is 1.92 bits per heavy atom. The van der Waals surface area contributed by atoms with E-state index in [0.717, 1.165) is 62.5 Å². The second-order valence-electron chi connectivity index (χ2n) is 13.7. The second-order valence-corrected chi connectivity index (χ2v) is 13.7. The Balaban J connectivity index is 1.20. The van der Waals surface area contributed by atoms with Gasteiger partial charge in [0.1, 0.15) is 23.6 Å². The molecular weight excluding hydrogens is 644 g/mol. The normalized spacial score (nSPS) is 20.6. The number of carbonyl (C=O) groups excluding carboxylic acids is 2. The zero-order valence-electron chi connectivity index (χ0n) is 27.9. The van der Waals surface area contributed by atoms with E-state index in [9.17, 15) is 27.2 Å². The van der Waals surface area contributed by atoms with E-state index in [1.165, 1.54) is 44.3 Å².